The van der Waals surface area contributed by atoms with Crippen LogP contribution in [0.1, 0.15) is 19.5 Å². The first kappa shape index (κ1) is 13.5. The van der Waals surface area contributed by atoms with E-state index >= 15 is 0 Å². The maximum atomic E-state index is 11.8. The molecule has 0 fully saturated rings. The van der Waals surface area contributed by atoms with Crippen molar-refractivity contribution in [1.82, 2.24) is 15.3 Å². The van der Waals surface area contributed by atoms with Gasteiger partial charge in [0.15, 0.2) is 5.16 Å². The van der Waals surface area contributed by atoms with Gasteiger partial charge in [0, 0.05) is 18.2 Å². The lowest BCUT2D eigenvalue weighted by Gasteiger charge is -2.03. The molecule has 7 heteroatoms. The molecule has 98 valence electrons. The van der Waals surface area contributed by atoms with Crippen LogP contribution in [0.15, 0.2) is 14.8 Å². The molecular weight excluding hydrogens is 270 g/mol. The SMILES string of the molecule is CCNC(=O)CSc1nc2c(c(=O)[nH]1)SC(C)C2. The fourth-order valence-electron chi connectivity index (χ4n) is 1.71. The molecule has 0 saturated carbocycles. The molecule has 1 aromatic heterocycles. The average Bonchev–Trinajstić information content (AvgIpc) is 2.68. The van der Waals surface area contributed by atoms with Crippen molar-refractivity contribution in [2.75, 3.05) is 12.3 Å². The van der Waals surface area contributed by atoms with Crippen LogP contribution in [0.2, 0.25) is 0 Å². The van der Waals surface area contributed by atoms with Crippen molar-refractivity contribution in [2.24, 2.45) is 0 Å². The number of carbonyl (C=O) groups excluding carboxylic acids is 1. The molecule has 1 aliphatic rings. The molecule has 2 heterocycles. The number of amides is 1. The summed E-state index contributed by atoms with van der Waals surface area (Å²) in [7, 11) is 0. The molecule has 0 bridgehead atoms. The summed E-state index contributed by atoms with van der Waals surface area (Å²) in [5.74, 6) is 0.228. The number of H-pyrrole nitrogens is 1. The van der Waals surface area contributed by atoms with Crippen LogP contribution in [-0.4, -0.2) is 33.4 Å². The quantitative estimate of drug-likeness (QED) is 0.638. The molecule has 0 aromatic carbocycles. The Kier molecular flexibility index (Phi) is 4.34. The number of nitrogens with zero attached hydrogens (tertiary/aromatic N) is 1. The first-order valence-electron chi connectivity index (χ1n) is 5.79. The minimum atomic E-state index is -0.0900. The van der Waals surface area contributed by atoms with Crippen LogP contribution in [0.5, 0.6) is 0 Å². The van der Waals surface area contributed by atoms with E-state index < -0.39 is 0 Å². The summed E-state index contributed by atoms with van der Waals surface area (Å²) >= 11 is 2.83. The van der Waals surface area contributed by atoms with Gasteiger partial charge in [0.25, 0.3) is 5.56 Å². The summed E-state index contributed by atoms with van der Waals surface area (Å²) < 4.78 is 0. The van der Waals surface area contributed by atoms with E-state index in [4.69, 9.17) is 0 Å². The number of aromatic amines is 1. The molecular formula is C11H15N3O2S2. The number of carbonyl (C=O) groups is 1. The van der Waals surface area contributed by atoms with E-state index in [1.807, 2.05) is 6.92 Å². The van der Waals surface area contributed by atoms with E-state index in [0.29, 0.717) is 17.0 Å². The van der Waals surface area contributed by atoms with Gasteiger partial charge >= 0.3 is 0 Å². The van der Waals surface area contributed by atoms with Gasteiger partial charge in [-0.1, -0.05) is 18.7 Å². The molecule has 1 unspecified atom stereocenters. The molecule has 1 atom stereocenters. The summed E-state index contributed by atoms with van der Waals surface area (Å²) in [5.41, 5.74) is 0.766. The van der Waals surface area contributed by atoms with Crippen molar-refractivity contribution in [2.45, 2.75) is 35.6 Å². The highest BCUT2D eigenvalue weighted by Crippen LogP contribution is 2.33. The lowest BCUT2D eigenvalue weighted by atomic mass is 10.2. The van der Waals surface area contributed by atoms with Crippen molar-refractivity contribution in [3.63, 3.8) is 0 Å². The van der Waals surface area contributed by atoms with E-state index in [9.17, 15) is 9.59 Å². The van der Waals surface area contributed by atoms with Crippen LogP contribution in [0, 0.1) is 0 Å². The van der Waals surface area contributed by atoms with E-state index in [2.05, 4.69) is 22.2 Å². The first-order valence-corrected chi connectivity index (χ1v) is 7.66. The van der Waals surface area contributed by atoms with Gasteiger partial charge in [-0.25, -0.2) is 4.98 Å². The van der Waals surface area contributed by atoms with Gasteiger partial charge < -0.3 is 10.3 Å². The summed E-state index contributed by atoms with van der Waals surface area (Å²) in [4.78, 5) is 31.0. The number of hydrogen-bond acceptors (Lipinski definition) is 5. The highest BCUT2D eigenvalue weighted by molar-refractivity contribution is 8.00. The molecule has 2 rings (SSSR count). The Morgan fingerprint density at radius 3 is 3.17 bits per heavy atom. The topological polar surface area (TPSA) is 74.8 Å². The van der Waals surface area contributed by atoms with Crippen molar-refractivity contribution in [3.05, 3.63) is 16.0 Å². The lowest BCUT2D eigenvalue weighted by Crippen LogP contribution is -2.24. The van der Waals surface area contributed by atoms with Crippen molar-refractivity contribution >= 4 is 29.4 Å². The fraction of sp³-hybridized carbons (Fsp3) is 0.545. The van der Waals surface area contributed by atoms with Crippen LogP contribution in [0.4, 0.5) is 0 Å². The molecule has 0 aliphatic carbocycles. The zero-order valence-corrected chi connectivity index (χ0v) is 11.9. The summed E-state index contributed by atoms with van der Waals surface area (Å²) in [6.45, 7) is 4.56. The maximum absolute atomic E-state index is 11.8. The van der Waals surface area contributed by atoms with Crippen molar-refractivity contribution in [1.29, 1.82) is 0 Å². The Hall–Kier alpha value is -0.950. The number of thioether (sulfide) groups is 2. The second-order valence-electron chi connectivity index (χ2n) is 4.02. The zero-order chi connectivity index (χ0) is 13.1. The van der Waals surface area contributed by atoms with Gasteiger partial charge in [-0.15, -0.1) is 11.8 Å². The minimum Gasteiger partial charge on any atom is -0.356 e. The highest BCUT2D eigenvalue weighted by Gasteiger charge is 2.23. The van der Waals surface area contributed by atoms with Crippen molar-refractivity contribution in [3.8, 4) is 0 Å². The number of rotatable bonds is 4. The Labute approximate surface area is 114 Å². The average molecular weight is 285 g/mol. The molecule has 1 aliphatic heterocycles. The number of nitrogens with one attached hydrogen (secondary N) is 2. The molecule has 1 aromatic rings. The molecule has 18 heavy (non-hydrogen) atoms. The standard InChI is InChI=1S/C11H15N3O2S2/c1-3-12-8(15)5-17-11-13-7-4-6(2)18-9(7)10(16)14-11/h6H,3-5H2,1-2H3,(H,12,15)(H,13,14,16). The predicted octanol–water partition coefficient (Wildman–Crippen LogP) is 1.03. The van der Waals surface area contributed by atoms with Crippen LogP contribution in [-0.2, 0) is 11.2 Å². The second kappa shape index (κ2) is 5.79. The fourth-order valence-corrected chi connectivity index (χ4v) is 3.49. The molecule has 0 radical (unpaired) electrons. The zero-order valence-electron chi connectivity index (χ0n) is 10.3. The molecule has 1 amide bonds. The minimum absolute atomic E-state index is 0.0478. The molecule has 0 spiro atoms. The molecule has 5 nitrogen and oxygen atoms in total. The van der Waals surface area contributed by atoms with Crippen LogP contribution in [0.25, 0.3) is 0 Å². The lowest BCUT2D eigenvalue weighted by molar-refractivity contribution is -0.118. The van der Waals surface area contributed by atoms with Crippen LogP contribution >= 0.6 is 23.5 Å². The highest BCUT2D eigenvalue weighted by atomic mass is 32.2. The van der Waals surface area contributed by atoms with Crippen LogP contribution < -0.4 is 10.9 Å². The smallest absolute Gasteiger partial charge is 0.265 e. The van der Waals surface area contributed by atoms with E-state index in [-0.39, 0.29) is 17.2 Å². The van der Waals surface area contributed by atoms with Crippen LogP contribution in [0.3, 0.4) is 0 Å². The van der Waals surface area contributed by atoms with Gasteiger partial charge in [0.05, 0.1) is 16.3 Å². The van der Waals surface area contributed by atoms with Gasteiger partial charge in [-0.2, -0.15) is 0 Å². The van der Waals surface area contributed by atoms with E-state index in [1.165, 1.54) is 11.8 Å². The van der Waals surface area contributed by atoms with Gasteiger partial charge in [-0.05, 0) is 6.92 Å². The third kappa shape index (κ3) is 3.08. The summed E-state index contributed by atoms with van der Waals surface area (Å²) in [6.07, 6.45) is 0.818. The van der Waals surface area contributed by atoms with E-state index in [1.54, 1.807) is 11.8 Å². The van der Waals surface area contributed by atoms with Gasteiger partial charge in [-0.3, -0.25) is 9.59 Å². The summed E-state index contributed by atoms with van der Waals surface area (Å²) in [5, 5.41) is 3.63. The first-order chi connectivity index (χ1) is 8.60. The number of fused-ring (bicyclic) bond motifs is 1. The van der Waals surface area contributed by atoms with Crippen molar-refractivity contribution < 1.29 is 4.79 Å². The second-order valence-corrected chi connectivity index (χ2v) is 6.43. The predicted molar refractivity (Wildman–Crippen MR) is 73.3 cm³/mol. The Balaban J connectivity index is 2.08. The molecule has 0 saturated heterocycles. The van der Waals surface area contributed by atoms with Gasteiger partial charge in [0.2, 0.25) is 5.91 Å². The Morgan fingerprint density at radius 1 is 1.67 bits per heavy atom. The normalized spacial score (nSPS) is 17.6. The third-order valence-corrected chi connectivity index (χ3v) is 4.54. The third-order valence-electron chi connectivity index (χ3n) is 2.44. The van der Waals surface area contributed by atoms with E-state index in [0.717, 1.165) is 17.0 Å². The Bertz CT molecular complexity index is 516. The Morgan fingerprint density at radius 2 is 2.44 bits per heavy atom. The number of hydrogen-bond donors (Lipinski definition) is 2. The monoisotopic (exact) mass is 285 g/mol. The summed E-state index contributed by atoms with van der Waals surface area (Å²) in [6, 6.07) is 0. The number of aromatic nitrogens is 2. The molecule has 2 N–H and O–H groups in total. The maximum Gasteiger partial charge on any atom is 0.265 e. The van der Waals surface area contributed by atoms with Gasteiger partial charge in [0.1, 0.15) is 0 Å². The largest absolute Gasteiger partial charge is 0.356 e.